The van der Waals surface area contributed by atoms with Gasteiger partial charge in [0.15, 0.2) is 0 Å². The van der Waals surface area contributed by atoms with Crippen LogP contribution < -0.4 is 0 Å². The zero-order chi connectivity index (χ0) is 20.7. The molecule has 0 amide bonds. The molecule has 0 rings (SSSR count). The Hall–Kier alpha value is -0.640. The smallest absolute Gasteiger partial charge is 0.313 e. The fourth-order valence-electron chi connectivity index (χ4n) is 0.446. The summed E-state index contributed by atoms with van der Waals surface area (Å²) < 4.78 is 4.72. The van der Waals surface area contributed by atoms with Gasteiger partial charge in [0.05, 0.1) is 51.1 Å². The quantitative estimate of drug-likeness (QED) is 0.170. The molecule has 0 aliphatic heterocycles. The third-order valence-corrected chi connectivity index (χ3v) is 1.95. The number of carboxylic acids is 2. The molecule has 2 atom stereocenters. The minimum Gasteiger partial charge on any atom is -0.481 e. The number of ether oxygens (including phenoxy) is 1. The molecule has 0 aromatic carbocycles. The molecule has 0 aromatic rings. The topological polar surface area (TPSA) is 205 Å². The van der Waals surface area contributed by atoms with Gasteiger partial charge in [-0.3, -0.25) is 9.59 Å². The Balaban J connectivity index is -0.000000132. The largest absolute Gasteiger partial charge is 0.481 e. The van der Waals surface area contributed by atoms with Crippen molar-refractivity contribution in [3.05, 3.63) is 0 Å². The number of hydrogen-bond donors (Lipinski definition) is 10. The molecule has 25 heavy (non-hydrogen) atoms. The third kappa shape index (κ3) is 51.7. The molecular weight excluding hydrogens is 384 g/mol. The first-order valence-electron chi connectivity index (χ1n) is 6.69. The van der Waals surface area contributed by atoms with E-state index in [0.29, 0.717) is 0 Å². The molecule has 2 unspecified atom stereocenters. The molecule has 0 bridgehead atoms. The first-order chi connectivity index (χ1) is 11.7. The predicted octanol–water partition coefficient (Wildman–Crippen LogP) is -3.32. The van der Waals surface area contributed by atoms with Gasteiger partial charge in [-0.25, -0.2) is 0 Å². The number of carbonyl (C=O) groups is 2. The molecule has 154 valence electrons. The summed E-state index contributed by atoms with van der Waals surface area (Å²) in [5.41, 5.74) is 0. The lowest BCUT2D eigenvalue weighted by molar-refractivity contribution is -0.134. The monoisotopic (exact) mass is 412 g/mol. The average Bonchev–Trinajstić information content (AvgIpc) is 2.62. The van der Waals surface area contributed by atoms with Gasteiger partial charge < -0.3 is 45.6 Å². The molecule has 0 saturated heterocycles. The average molecular weight is 412 g/mol. The second-order valence-electron chi connectivity index (χ2n) is 3.76. The van der Waals surface area contributed by atoms with Crippen molar-refractivity contribution in [1.82, 2.24) is 0 Å². The molecule has 11 nitrogen and oxygen atoms in total. The van der Waals surface area contributed by atoms with Crippen molar-refractivity contribution >= 4 is 37.2 Å². The normalized spacial score (nSPS) is 11.4. The van der Waals surface area contributed by atoms with E-state index < -0.39 is 24.1 Å². The van der Waals surface area contributed by atoms with Crippen molar-refractivity contribution < 1.29 is 55.2 Å². The second-order valence-corrected chi connectivity index (χ2v) is 4.39. The first kappa shape index (κ1) is 32.1. The van der Waals surface area contributed by atoms with Gasteiger partial charge in [-0.05, 0) is 0 Å². The van der Waals surface area contributed by atoms with Crippen LogP contribution in [0, 0.1) is 0 Å². The van der Waals surface area contributed by atoms with Gasteiger partial charge >= 0.3 is 11.9 Å². The summed E-state index contributed by atoms with van der Waals surface area (Å²) in [7, 11) is 0. The molecule has 0 aromatic heterocycles. The zero-order valence-corrected chi connectivity index (χ0v) is 15.3. The second kappa shape index (κ2) is 28.2. The Kier molecular flexibility index (Phi) is 36.1. The molecule has 0 radical (unpaired) electrons. The van der Waals surface area contributed by atoms with Crippen LogP contribution in [-0.2, 0) is 14.3 Å². The van der Waals surface area contributed by atoms with E-state index >= 15 is 0 Å². The zero-order valence-electron chi connectivity index (χ0n) is 13.5. The lowest BCUT2D eigenvalue weighted by atomic mass is 10.4. The van der Waals surface area contributed by atoms with E-state index in [4.69, 9.17) is 45.6 Å². The highest BCUT2D eigenvalue weighted by Crippen LogP contribution is 1.87. The van der Waals surface area contributed by atoms with Crippen LogP contribution in [0.15, 0.2) is 0 Å². The van der Waals surface area contributed by atoms with Gasteiger partial charge in [0, 0.05) is 0 Å². The number of thiol groups is 2. The van der Waals surface area contributed by atoms with Gasteiger partial charge in [0.2, 0.25) is 0 Å². The Labute approximate surface area is 156 Å². The molecule has 0 aliphatic carbocycles. The van der Waals surface area contributed by atoms with Crippen LogP contribution in [0.2, 0.25) is 0 Å². The number of aliphatic carboxylic acids is 2. The standard InChI is InChI=1S/C6H14O5.2C2H4O2S.C2H6O2/c7-1-5(9)3-11-4-6(10)2-8;2*3-2(4)1-5;3-1-2-4/h5-10H,1-4H2;2*5H,1H2,(H,3,4);3-4H,1-2H2. The summed E-state index contributed by atoms with van der Waals surface area (Å²) in [5, 5.41) is 64.6. The van der Waals surface area contributed by atoms with E-state index in [-0.39, 0.29) is 51.1 Å². The fourth-order valence-corrected chi connectivity index (χ4v) is 0.446. The van der Waals surface area contributed by atoms with E-state index in [2.05, 4.69) is 25.3 Å². The van der Waals surface area contributed by atoms with Crippen molar-refractivity contribution in [1.29, 1.82) is 0 Å². The lowest BCUT2D eigenvalue weighted by Gasteiger charge is -2.10. The highest BCUT2D eigenvalue weighted by atomic mass is 32.1. The SMILES string of the molecule is O=C(O)CS.O=C(O)CS.OCC(O)COCC(O)CO.OCCO. The summed E-state index contributed by atoms with van der Waals surface area (Å²) >= 11 is 6.83. The van der Waals surface area contributed by atoms with E-state index in [1.165, 1.54) is 0 Å². The van der Waals surface area contributed by atoms with Gasteiger partial charge in [-0.2, -0.15) is 25.3 Å². The van der Waals surface area contributed by atoms with Crippen molar-refractivity contribution in [3.8, 4) is 0 Å². The maximum absolute atomic E-state index is 9.29. The third-order valence-electron chi connectivity index (χ3n) is 1.41. The first-order valence-corrected chi connectivity index (χ1v) is 7.95. The van der Waals surface area contributed by atoms with Gasteiger partial charge in [0.25, 0.3) is 0 Å². The molecule has 0 saturated carbocycles. The van der Waals surface area contributed by atoms with E-state index in [0.717, 1.165) is 0 Å². The molecule has 8 N–H and O–H groups in total. The van der Waals surface area contributed by atoms with Crippen molar-refractivity contribution in [3.63, 3.8) is 0 Å². The summed E-state index contributed by atoms with van der Waals surface area (Å²) in [6.45, 7) is -1.05. The minimum absolute atomic E-state index is 0.0342. The van der Waals surface area contributed by atoms with E-state index in [1.54, 1.807) is 0 Å². The number of carboxylic acid groups (broad SMARTS) is 2. The molecular formula is C12H28O11S2. The van der Waals surface area contributed by atoms with Crippen LogP contribution in [0.4, 0.5) is 0 Å². The number of aliphatic hydroxyl groups excluding tert-OH is 6. The summed E-state index contributed by atoms with van der Waals surface area (Å²) in [4.78, 5) is 18.6. The number of hydrogen-bond acceptors (Lipinski definition) is 11. The van der Waals surface area contributed by atoms with E-state index in [1.807, 2.05) is 0 Å². The van der Waals surface area contributed by atoms with Crippen LogP contribution in [0.3, 0.4) is 0 Å². The molecule has 0 fully saturated rings. The van der Waals surface area contributed by atoms with Gasteiger partial charge in [-0.1, -0.05) is 0 Å². The summed E-state index contributed by atoms with van der Waals surface area (Å²) in [5.74, 6) is -1.93. The Morgan fingerprint density at radius 3 is 1.12 bits per heavy atom. The van der Waals surface area contributed by atoms with Crippen LogP contribution >= 0.6 is 25.3 Å². The van der Waals surface area contributed by atoms with Crippen LogP contribution in [0.25, 0.3) is 0 Å². The number of aliphatic hydroxyl groups is 6. The maximum atomic E-state index is 9.29. The molecule has 13 heteroatoms. The van der Waals surface area contributed by atoms with Crippen molar-refractivity contribution in [2.45, 2.75) is 12.2 Å². The van der Waals surface area contributed by atoms with Gasteiger partial charge in [-0.15, -0.1) is 0 Å². The van der Waals surface area contributed by atoms with Crippen LogP contribution in [-0.4, -0.2) is 116 Å². The minimum atomic E-state index is -0.916. The highest BCUT2D eigenvalue weighted by Gasteiger charge is 2.04. The maximum Gasteiger partial charge on any atom is 0.313 e. The van der Waals surface area contributed by atoms with Crippen LogP contribution in [0.1, 0.15) is 0 Å². The lowest BCUT2D eigenvalue weighted by Crippen LogP contribution is -2.25. The molecule has 0 heterocycles. The van der Waals surface area contributed by atoms with Gasteiger partial charge in [0.1, 0.15) is 12.2 Å². The molecule has 0 aliphatic rings. The van der Waals surface area contributed by atoms with Crippen LogP contribution in [0.5, 0.6) is 0 Å². The van der Waals surface area contributed by atoms with Crippen molar-refractivity contribution in [2.24, 2.45) is 0 Å². The predicted molar refractivity (Wildman–Crippen MR) is 94.2 cm³/mol. The summed E-state index contributed by atoms with van der Waals surface area (Å²) in [6.07, 6.45) is -1.83. The van der Waals surface area contributed by atoms with E-state index in [9.17, 15) is 9.59 Å². The number of rotatable bonds is 9. The Morgan fingerprint density at radius 2 is 1.00 bits per heavy atom. The fraction of sp³-hybridized carbons (Fsp3) is 0.833. The summed E-state index contributed by atoms with van der Waals surface area (Å²) in [6, 6.07) is 0. The highest BCUT2D eigenvalue weighted by molar-refractivity contribution is 7.81. The Bertz CT molecular complexity index is 256. The Morgan fingerprint density at radius 1 is 0.760 bits per heavy atom. The van der Waals surface area contributed by atoms with Crippen molar-refractivity contribution in [2.75, 3.05) is 51.1 Å². The molecule has 0 spiro atoms.